The van der Waals surface area contributed by atoms with E-state index in [-0.39, 0.29) is 0 Å². The SMILES string of the molecule is C=CC(O)c1ccc(-c2ccc(CC(O)C(O)CCCCCCC)cc2)cc1. The number of aliphatic hydroxyl groups is 3. The lowest BCUT2D eigenvalue weighted by Gasteiger charge is -2.18. The summed E-state index contributed by atoms with van der Waals surface area (Å²) in [7, 11) is 0. The molecule has 0 radical (unpaired) electrons. The van der Waals surface area contributed by atoms with Gasteiger partial charge in [0.1, 0.15) is 0 Å². The van der Waals surface area contributed by atoms with Crippen molar-refractivity contribution in [1.82, 2.24) is 0 Å². The standard InChI is InChI=1S/C25H34O3/c1-3-5-6-7-8-9-24(27)25(28)18-19-10-12-20(13-11-19)21-14-16-22(17-15-21)23(26)4-2/h4,10-17,23-28H,2-3,5-9,18H2,1H3. The highest BCUT2D eigenvalue weighted by molar-refractivity contribution is 5.64. The quantitative estimate of drug-likeness (QED) is 0.349. The van der Waals surface area contributed by atoms with Crippen molar-refractivity contribution in [3.8, 4) is 11.1 Å². The van der Waals surface area contributed by atoms with Crippen LogP contribution in [0.2, 0.25) is 0 Å². The minimum atomic E-state index is -0.725. The molecule has 0 saturated carbocycles. The Labute approximate surface area is 169 Å². The number of hydrogen-bond acceptors (Lipinski definition) is 3. The van der Waals surface area contributed by atoms with Gasteiger partial charge in [0, 0.05) is 6.42 Å². The van der Waals surface area contributed by atoms with Crippen LogP contribution in [0.1, 0.15) is 62.7 Å². The summed E-state index contributed by atoms with van der Waals surface area (Å²) in [5.41, 5.74) is 3.98. The van der Waals surface area contributed by atoms with Crippen LogP contribution >= 0.6 is 0 Å². The fourth-order valence-electron chi connectivity index (χ4n) is 3.37. The van der Waals surface area contributed by atoms with Crippen LogP contribution in [0.3, 0.4) is 0 Å². The Bertz CT molecular complexity index is 691. The van der Waals surface area contributed by atoms with E-state index in [1.807, 2.05) is 48.5 Å². The maximum Gasteiger partial charge on any atom is 0.0969 e. The van der Waals surface area contributed by atoms with Crippen LogP contribution in [0.15, 0.2) is 61.2 Å². The first-order valence-electron chi connectivity index (χ1n) is 10.4. The van der Waals surface area contributed by atoms with Crippen LogP contribution in [0.25, 0.3) is 11.1 Å². The van der Waals surface area contributed by atoms with Gasteiger partial charge in [0.15, 0.2) is 0 Å². The topological polar surface area (TPSA) is 60.7 Å². The summed E-state index contributed by atoms with van der Waals surface area (Å²) >= 11 is 0. The molecular weight excluding hydrogens is 348 g/mol. The van der Waals surface area contributed by atoms with E-state index in [9.17, 15) is 15.3 Å². The predicted molar refractivity (Wildman–Crippen MR) is 116 cm³/mol. The largest absolute Gasteiger partial charge is 0.390 e. The molecule has 28 heavy (non-hydrogen) atoms. The van der Waals surface area contributed by atoms with E-state index in [1.54, 1.807) is 0 Å². The molecule has 0 spiro atoms. The second-order valence-corrected chi connectivity index (χ2v) is 7.54. The average molecular weight is 383 g/mol. The molecule has 0 bridgehead atoms. The molecule has 0 aliphatic rings. The summed E-state index contributed by atoms with van der Waals surface area (Å²) < 4.78 is 0. The van der Waals surface area contributed by atoms with Crippen molar-refractivity contribution < 1.29 is 15.3 Å². The first-order chi connectivity index (χ1) is 13.5. The van der Waals surface area contributed by atoms with Crippen molar-refractivity contribution in [1.29, 1.82) is 0 Å². The van der Waals surface area contributed by atoms with Crippen molar-refractivity contribution in [3.05, 3.63) is 72.3 Å². The first-order valence-corrected chi connectivity index (χ1v) is 10.4. The van der Waals surface area contributed by atoms with Crippen molar-refractivity contribution in [3.63, 3.8) is 0 Å². The van der Waals surface area contributed by atoms with Gasteiger partial charge in [-0.3, -0.25) is 0 Å². The summed E-state index contributed by atoms with van der Waals surface area (Å²) in [6, 6.07) is 15.8. The molecule has 0 heterocycles. The Hall–Kier alpha value is -1.94. The summed E-state index contributed by atoms with van der Waals surface area (Å²) in [6.07, 6.45) is 6.33. The Balaban J connectivity index is 1.87. The lowest BCUT2D eigenvalue weighted by Crippen LogP contribution is -2.27. The van der Waals surface area contributed by atoms with Gasteiger partial charge in [-0.15, -0.1) is 6.58 Å². The zero-order valence-corrected chi connectivity index (χ0v) is 16.9. The number of benzene rings is 2. The van der Waals surface area contributed by atoms with E-state index in [0.717, 1.165) is 35.1 Å². The zero-order valence-electron chi connectivity index (χ0n) is 16.9. The molecule has 152 valence electrons. The van der Waals surface area contributed by atoms with Gasteiger partial charge in [0.2, 0.25) is 0 Å². The van der Waals surface area contributed by atoms with Crippen LogP contribution in [0.5, 0.6) is 0 Å². The fraction of sp³-hybridized carbons (Fsp3) is 0.440. The molecule has 2 aromatic rings. The molecule has 3 atom stereocenters. The van der Waals surface area contributed by atoms with Crippen molar-refractivity contribution in [2.75, 3.05) is 0 Å². The lowest BCUT2D eigenvalue weighted by atomic mass is 9.97. The molecule has 2 rings (SSSR count). The maximum atomic E-state index is 10.3. The molecule has 0 amide bonds. The summed E-state index contributed by atoms with van der Waals surface area (Å²) in [5.74, 6) is 0. The molecule has 2 aromatic carbocycles. The van der Waals surface area contributed by atoms with E-state index in [1.165, 1.54) is 25.3 Å². The van der Waals surface area contributed by atoms with Crippen LogP contribution in [0, 0.1) is 0 Å². The minimum Gasteiger partial charge on any atom is -0.390 e. The van der Waals surface area contributed by atoms with Crippen LogP contribution in [-0.4, -0.2) is 27.5 Å². The molecule has 0 aliphatic carbocycles. The molecule has 3 N–H and O–H groups in total. The van der Waals surface area contributed by atoms with Crippen LogP contribution in [-0.2, 0) is 6.42 Å². The lowest BCUT2D eigenvalue weighted by molar-refractivity contribution is 0.0137. The minimum absolute atomic E-state index is 0.459. The predicted octanol–water partition coefficient (Wildman–Crippen LogP) is 5.20. The molecule has 0 fully saturated rings. The highest BCUT2D eigenvalue weighted by atomic mass is 16.3. The second kappa shape index (κ2) is 11.8. The first kappa shape index (κ1) is 22.4. The van der Waals surface area contributed by atoms with E-state index in [2.05, 4.69) is 13.5 Å². The Morgan fingerprint density at radius 1 is 0.786 bits per heavy atom. The van der Waals surface area contributed by atoms with Crippen molar-refractivity contribution >= 4 is 0 Å². The summed E-state index contributed by atoms with van der Waals surface area (Å²) in [5, 5.41) is 30.3. The number of aliphatic hydroxyl groups excluding tert-OH is 3. The van der Waals surface area contributed by atoms with Gasteiger partial charge in [-0.25, -0.2) is 0 Å². The number of hydrogen-bond donors (Lipinski definition) is 3. The zero-order chi connectivity index (χ0) is 20.4. The van der Waals surface area contributed by atoms with Gasteiger partial charge in [-0.1, -0.05) is 93.6 Å². The molecular formula is C25H34O3. The average Bonchev–Trinajstić information content (AvgIpc) is 2.73. The Morgan fingerprint density at radius 3 is 1.93 bits per heavy atom. The summed E-state index contributed by atoms with van der Waals surface area (Å²) in [4.78, 5) is 0. The van der Waals surface area contributed by atoms with Crippen LogP contribution in [0.4, 0.5) is 0 Å². The highest BCUT2D eigenvalue weighted by Gasteiger charge is 2.16. The van der Waals surface area contributed by atoms with E-state index >= 15 is 0 Å². The molecule has 0 saturated heterocycles. The molecule has 3 heteroatoms. The van der Waals surface area contributed by atoms with Gasteiger partial charge in [-0.05, 0) is 28.7 Å². The Morgan fingerprint density at radius 2 is 1.36 bits per heavy atom. The molecule has 3 unspecified atom stereocenters. The van der Waals surface area contributed by atoms with Gasteiger partial charge in [0.05, 0.1) is 18.3 Å². The third-order valence-electron chi connectivity index (χ3n) is 5.26. The second-order valence-electron chi connectivity index (χ2n) is 7.54. The third kappa shape index (κ3) is 6.90. The van der Waals surface area contributed by atoms with Gasteiger partial charge in [0.25, 0.3) is 0 Å². The maximum absolute atomic E-state index is 10.3. The fourth-order valence-corrected chi connectivity index (χ4v) is 3.37. The molecule has 0 aliphatic heterocycles. The van der Waals surface area contributed by atoms with Crippen LogP contribution < -0.4 is 0 Å². The summed E-state index contributed by atoms with van der Waals surface area (Å²) in [6.45, 7) is 5.79. The van der Waals surface area contributed by atoms with E-state index < -0.39 is 18.3 Å². The number of unbranched alkanes of at least 4 members (excludes halogenated alkanes) is 4. The number of rotatable bonds is 12. The van der Waals surface area contributed by atoms with Gasteiger partial charge < -0.3 is 15.3 Å². The Kier molecular flexibility index (Phi) is 9.42. The monoisotopic (exact) mass is 382 g/mol. The van der Waals surface area contributed by atoms with Gasteiger partial charge in [-0.2, -0.15) is 0 Å². The highest BCUT2D eigenvalue weighted by Crippen LogP contribution is 2.23. The molecule has 0 aromatic heterocycles. The normalized spacial score (nSPS) is 14.4. The van der Waals surface area contributed by atoms with Crippen molar-refractivity contribution in [2.45, 2.75) is 70.2 Å². The van der Waals surface area contributed by atoms with Gasteiger partial charge >= 0.3 is 0 Å². The van der Waals surface area contributed by atoms with E-state index in [4.69, 9.17) is 0 Å². The molecule has 3 nitrogen and oxygen atoms in total. The van der Waals surface area contributed by atoms with Crippen molar-refractivity contribution in [2.24, 2.45) is 0 Å². The third-order valence-corrected chi connectivity index (χ3v) is 5.26. The van der Waals surface area contributed by atoms with E-state index in [0.29, 0.717) is 12.8 Å². The smallest absolute Gasteiger partial charge is 0.0969 e.